The topological polar surface area (TPSA) is 20.3 Å². The monoisotopic (exact) mass is 285 g/mol. The molecule has 0 aromatic heterocycles. The predicted octanol–water partition coefficient (Wildman–Crippen LogP) is 4.18. The first-order valence-corrected chi connectivity index (χ1v) is 7.10. The number of nitrogens with zero attached hydrogens (tertiary/aromatic N) is 1. The molecule has 0 aliphatic rings. The number of hydrogen-bond donors (Lipinski definition) is 0. The van der Waals surface area contributed by atoms with Crippen molar-refractivity contribution < 1.29 is 9.18 Å². The summed E-state index contributed by atoms with van der Waals surface area (Å²) < 4.78 is 13.9. The molecule has 3 heteroatoms. The highest BCUT2D eigenvalue weighted by molar-refractivity contribution is 5.94. The van der Waals surface area contributed by atoms with E-state index in [9.17, 15) is 9.18 Å². The molecular formula is C18H20FNO. The first-order valence-electron chi connectivity index (χ1n) is 7.10. The van der Waals surface area contributed by atoms with Crippen molar-refractivity contribution in [1.29, 1.82) is 0 Å². The molecule has 0 atom stereocenters. The number of carbonyl (C=O) groups excluding carboxylic acids is 1. The number of carbonyl (C=O) groups is 1. The molecule has 0 heterocycles. The van der Waals surface area contributed by atoms with E-state index in [1.807, 2.05) is 51.1 Å². The fraction of sp³-hybridized carbons (Fsp3) is 0.278. The zero-order chi connectivity index (χ0) is 15.4. The molecule has 0 aliphatic heterocycles. The van der Waals surface area contributed by atoms with Gasteiger partial charge in [-0.2, -0.15) is 0 Å². The van der Waals surface area contributed by atoms with Crippen LogP contribution in [-0.2, 0) is 6.54 Å². The van der Waals surface area contributed by atoms with Crippen LogP contribution >= 0.6 is 0 Å². The van der Waals surface area contributed by atoms with Gasteiger partial charge in [0, 0.05) is 12.6 Å². The molecule has 1 amide bonds. The molecule has 0 saturated heterocycles. The summed E-state index contributed by atoms with van der Waals surface area (Å²) in [6, 6.07) is 14.4. The summed E-state index contributed by atoms with van der Waals surface area (Å²) in [7, 11) is 0. The third kappa shape index (κ3) is 3.69. The molecule has 0 saturated carbocycles. The number of halogens is 1. The average Bonchev–Trinajstić information content (AvgIpc) is 2.47. The van der Waals surface area contributed by atoms with E-state index >= 15 is 0 Å². The molecule has 21 heavy (non-hydrogen) atoms. The van der Waals surface area contributed by atoms with Gasteiger partial charge in [-0.1, -0.05) is 42.0 Å². The fourth-order valence-corrected chi connectivity index (χ4v) is 2.23. The van der Waals surface area contributed by atoms with E-state index in [-0.39, 0.29) is 17.5 Å². The number of aryl methyl sites for hydroxylation is 1. The first-order chi connectivity index (χ1) is 9.99. The predicted molar refractivity (Wildman–Crippen MR) is 82.6 cm³/mol. The second-order valence-corrected chi connectivity index (χ2v) is 5.50. The Bertz CT molecular complexity index is 622. The van der Waals surface area contributed by atoms with E-state index in [1.165, 1.54) is 6.07 Å². The average molecular weight is 285 g/mol. The third-order valence-corrected chi connectivity index (χ3v) is 3.43. The van der Waals surface area contributed by atoms with E-state index in [0.717, 1.165) is 11.1 Å². The van der Waals surface area contributed by atoms with Crippen LogP contribution in [0.4, 0.5) is 4.39 Å². The van der Waals surface area contributed by atoms with Crippen LogP contribution in [-0.4, -0.2) is 16.8 Å². The van der Waals surface area contributed by atoms with Crippen molar-refractivity contribution in [2.45, 2.75) is 33.4 Å². The van der Waals surface area contributed by atoms with Gasteiger partial charge in [0.05, 0.1) is 5.56 Å². The van der Waals surface area contributed by atoms with Gasteiger partial charge >= 0.3 is 0 Å². The Balaban J connectivity index is 2.30. The zero-order valence-corrected chi connectivity index (χ0v) is 12.6. The van der Waals surface area contributed by atoms with Crippen LogP contribution in [0.1, 0.15) is 35.3 Å². The van der Waals surface area contributed by atoms with E-state index in [4.69, 9.17) is 0 Å². The fourth-order valence-electron chi connectivity index (χ4n) is 2.23. The highest BCUT2D eigenvalue weighted by Gasteiger charge is 2.22. The lowest BCUT2D eigenvalue weighted by atomic mass is 10.1. The second-order valence-electron chi connectivity index (χ2n) is 5.50. The SMILES string of the molecule is Cc1ccc(F)c(C(=O)N(Cc2ccccc2)C(C)C)c1. The highest BCUT2D eigenvalue weighted by Crippen LogP contribution is 2.17. The summed E-state index contributed by atoms with van der Waals surface area (Å²) in [5, 5.41) is 0. The van der Waals surface area contributed by atoms with E-state index in [0.29, 0.717) is 6.54 Å². The van der Waals surface area contributed by atoms with Crippen LogP contribution in [0.15, 0.2) is 48.5 Å². The Morgan fingerprint density at radius 2 is 1.81 bits per heavy atom. The summed E-state index contributed by atoms with van der Waals surface area (Å²) in [5.74, 6) is -0.737. The molecule has 0 aliphatic carbocycles. The molecule has 0 unspecified atom stereocenters. The summed E-state index contributed by atoms with van der Waals surface area (Å²) in [6.07, 6.45) is 0. The summed E-state index contributed by atoms with van der Waals surface area (Å²) >= 11 is 0. The second kappa shape index (κ2) is 6.53. The van der Waals surface area contributed by atoms with Gasteiger partial charge < -0.3 is 4.90 Å². The lowest BCUT2D eigenvalue weighted by Crippen LogP contribution is -2.36. The van der Waals surface area contributed by atoms with Crippen LogP contribution in [0.2, 0.25) is 0 Å². The number of hydrogen-bond acceptors (Lipinski definition) is 1. The standard InChI is InChI=1S/C18H20FNO/c1-13(2)20(12-15-7-5-4-6-8-15)18(21)16-11-14(3)9-10-17(16)19/h4-11,13H,12H2,1-3H3. The maximum Gasteiger partial charge on any atom is 0.257 e. The molecule has 110 valence electrons. The number of amides is 1. The lowest BCUT2D eigenvalue weighted by Gasteiger charge is -2.27. The Kier molecular flexibility index (Phi) is 4.73. The third-order valence-electron chi connectivity index (χ3n) is 3.43. The van der Waals surface area contributed by atoms with Crippen molar-refractivity contribution in [3.05, 3.63) is 71.0 Å². The molecule has 2 aromatic carbocycles. The number of benzene rings is 2. The van der Waals surface area contributed by atoms with Crippen LogP contribution in [0.3, 0.4) is 0 Å². The van der Waals surface area contributed by atoms with Gasteiger partial charge in [-0.05, 0) is 38.5 Å². The molecule has 2 aromatic rings. The van der Waals surface area contributed by atoms with Gasteiger partial charge in [-0.15, -0.1) is 0 Å². The van der Waals surface area contributed by atoms with Crippen molar-refractivity contribution in [2.24, 2.45) is 0 Å². The van der Waals surface area contributed by atoms with Crippen molar-refractivity contribution in [3.8, 4) is 0 Å². The Morgan fingerprint density at radius 1 is 1.14 bits per heavy atom. The minimum absolute atomic E-state index is 0.00221. The molecule has 0 fully saturated rings. The Hall–Kier alpha value is -2.16. The maximum absolute atomic E-state index is 13.9. The van der Waals surface area contributed by atoms with Crippen molar-refractivity contribution in [3.63, 3.8) is 0 Å². The Morgan fingerprint density at radius 3 is 2.43 bits per heavy atom. The largest absolute Gasteiger partial charge is 0.332 e. The normalized spacial score (nSPS) is 10.7. The summed E-state index contributed by atoms with van der Waals surface area (Å²) in [6.45, 7) is 6.21. The minimum Gasteiger partial charge on any atom is -0.332 e. The quantitative estimate of drug-likeness (QED) is 0.825. The Labute approximate surface area is 125 Å². The van der Waals surface area contributed by atoms with Gasteiger partial charge in [-0.25, -0.2) is 4.39 Å². The molecule has 0 N–H and O–H groups in total. The van der Waals surface area contributed by atoms with Crippen LogP contribution in [0, 0.1) is 12.7 Å². The van der Waals surface area contributed by atoms with Crippen LogP contribution < -0.4 is 0 Å². The van der Waals surface area contributed by atoms with Gasteiger partial charge in [0.1, 0.15) is 5.82 Å². The van der Waals surface area contributed by atoms with E-state index in [1.54, 1.807) is 17.0 Å². The van der Waals surface area contributed by atoms with Crippen molar-refractivity contribution >= 4 is 5.91 Å². The van der Waals surface area contributed by atoms with Gasteiger partial charge in [0.15, 0.2) is 0 Å². The maximum atomic E-state index is 13.9. The molecule has 0 bridgehead atoms. The van der Waals surface area contributed by atoms with Gasteiger partial charge in [-0.3, -0.25) is 4.79 Å². The van der Waals surface area contributed by atoms with E-state index < -0.39 is 5.82 Å². The summed E-state index contributed by atoms with van der Waals surface area (Å²) in [5.41, 5.74) is 2.05. The van der Waals surface area contributed by atoms with Crippen molar-refractivity contribution in [2.75, 3.05) is 0 Å². The molecule has 0 spiro atoms. The highest BCUT2D eigenvalue weighted by atomic mass is 19.1. The van der Waals surface area contributed by atoms with Crippen LogP contribution in [0.5, 0.6) is 0 Å². The van der Waals surface area contributed by atoms with Gasteiger partial charge in [0.2, 0.25) is 0 Å². The van der Waals surface area contributed by atoms with Gasteiger partial charge in [0.25, 0.3) is 5.91 Å². The molecule has 0 radical (unpaired) electrons. The van der Waals surface area contributed by atoms with Crippen LogP contribution in [0.25, 0.3) is 0 Å². The molecule has 2 rings (SSSR count). The lowest BCUT2D eigenvalue weighted by molar-refractivity contribution is 0.0685. The minimum atomic E-state index is -0.468. The molecular weight excluding hydrogens is 265 g/mol. The van der Waals surface area contributed by atoms with Crippen molar-refractivity contribution in [1.82, 2.24) is 4.90 Å². The zero-order valence-electron chi connectivity index (χ0n) is 12.6. The number of rotatable bonds is 4. The smallest absolute Gasteiger partial charge is 0.257 e. The first kappa shape index (κ1) is 15.2. The van der Waals surface area contributed by atoms with E-state index in [2.05, 4.69) is 0 Å². The molecule has 2 nitrogen and oxygen atoms in total. The summed E-state index contributed by atoms with van der Waals surface area (Å²) in [4.78, 5) is 14.3.